The first-order valence-corrected chi connectivity index (χ1v) is 5.32. The van der Waals surface area contributed by atoms with Crippen LogP contribution in [0.2, 0.25) is 4.34 Å². The molecule has 13 heavy (non-hydrogen) atoms. The molecule has 2 aromatic rings. The molecule has 68 valence electrons. The first kappa shape index (κ1) is 9.05. The minimum atomic E-state index is 0.519. The summed E-state index contributed by atoms with van der Waals surface area (Å²) in [7, 11) is 0. The smallest absolute Gasteiger partial charge is 0.199 e. The quantitative estimate of drug-likeness (QED) is 0.870. The lowest BCUT2D eigenvalue weighted by atomic mass is 10.3. The molecule has 0 saturated heterocycles. The van der Waals surface area contributed by atoms with Crippen molar-refractivity contribution in [1.29, 1.82) is 0 Å². The van der Waals surface area contributed by atoms with Gasteiger partial charge in [0.1, 0.15) is 10.0 Å². The third kappa shape index (κ3) is 1.59. The van der Waals surface area contributed by atoms with Gasteiger partial charge in [-0.15, -0.1) is 11.3 Å². The summed E-state index contributed by atoms with van der Waals surface area (Å²) in [5, 5.41) is 3.59. The van der Waals surface area contributed by atoms with Crippen molar-refractivity contribution in [3.8, 4) is 10.6 Å². The summed E-state index contributed by atoms with van der Waals surface area (Å²) in [6.45, 7) is 0. The van der Waals surface area contributed by atoms with E-state index in [-0.39, 0.29) is 0 Å². The van der Waals surface area contributed by atoms with Gasteiger partial charge in [-0.25, -0.2) is 0 Å². The van der Waals surface area contributed by atoms with Crippen molar-refractivity contribution in [2.45, 2.75) is 0 Å². The largest absolute Gasteiger partial charge is 0.394 e. The molecule has 0 aromatic carbocycles. The second-order valence-electron chi connectivity index (χ2n) is 2.34. The van der Waals surface area contributed by atoms with E-state index >= 15 is 0 Å². The second kappa shape index (κ2) is 3.32. The highest BCUT2D eigenvalue weighted by Crippen LogP contribution is 2.39. The molecule has 0 amide bonds. The van der Waals surface area contributed by atoms with E-state index in [9.17, 15) is 0 Å². The summed E-state index contributed by atoms with van der Waals surface area (Å²) in [4.78, 5) is 0.867. The fourth-order valence-electron chi connectivity index (χ4n) is 0.893. The number of halogens is 2. The van der Waals surface area contributed by atoms with Crippen molar-refractivity contribution >= 4 is 44.6 Å². The van der Waals surface area contributed by atoms with E-state index in [0.29, 0.717) is 15.8 Å². The molecular weight excluding hydrogens is 276 g/mol. The Bertz CT molecular complexity index is 420. The Morgan fingerprint density at radius 2 is 2.38 bits per heavy atom. The van der Waals surface area contributed by atoms with Gasteiger partial charge in [0, 0.05) is 4.47 Å². The molecule has 0 aliphatic rings. The van der Waals surface area contributed by atoms with Gasteiger partial charge in [0.05, 0.1) is 11.1 Å². The molecule has 0 spiro atoms. The number of hydrogen-bond acceptors (Lipinski definition) is 4. The van der Waals surface area contributed by atoms with Crippen LogP contribution in [0.25, 0.3) is 10.6 Å². The molecule has 0 saturated carbocycles. The number of nitrogens with zero attached hydrogens (tertiary/aromatic N) is 1. The number of nitrogens with two attached hydrogens (primary N) is 1. The molecule has 3 nitrogen and oxygen atoms in total. The maximum atomic E-state index is 5.87. The van der Waals surface area contributed by atoms with Crippen LogP contribution in [0, 0.1) is 0 Å². The third-order valence-corrected chi connectivity index (χ3v) is 3.94. The predicted octanol–water partition coefficient (Wildman–Crippen LogP) is 3.40. The first-order valence-electron chi connectivity index (χ1n) is 3.34. The number of thiophene rings is 1. The zero-order chi connectivity index (χ0) is 9.42. The highest BCUT2D eigenvalue weighted by atomic mass is 79.9. The van der Waals surface area contributed by atoms with E-state index in [2.05, 4.69) is 21.1 Å². The molecule has 0 unspecified atom stereocenters. The second-order valence-corrected chi connectivity index (χ2v) is 4.85. The first-order chi connectivity index (χ1) is 6.18. The summed E-state index contributed by atoms with van der Waals surface area (Å²) >= 11 is 10.6. The molecule has 2 N–H and O–H groups in total. The Labute approximate surface area is 91.6 Å². The normalized spacial score (nSPS) is 10.6. The summed E-state index contributed by atoms with van der Waals surface area (Å²) < 4.78 is 6.48. The zero-order valence-corrected chi connectivity index (χ0v) is 9.41. The summed E-state index contributed by atoms with van der Waals surface area (Å²) in [5.41, 5.74) is 6.14. The van der Waals surface area contributed by atoms with Gasteiger partial charge in [-0.3, -0.25) is 0 Å². The Kier molecular flexibility index (Phi) is 2.31. The van der Waals surface area contributed by atoms with Crippen molar-refractivity contribution in [1.82, 2.24) is 5.16 Å². The Morgan fingerprint density at radius 1 is 1.62 bits per heavy atom. The molecule has 0 atom stereocenters. The number of nitrogen functional groups attached to an aromatic ring is 1. The Hall–Kier alpha value is -0.520. The maximum absolute atomic E-state index is 5.87. The lowest BCUT2D eigenvalue weighted by molar-refractivity contribution is 0.433. The standard InChI is InChI=1S/C7H4BrClN2OS/c8-3-1-5(13-7(3)9)6-4(10)2-11-12-6/h1-2H,10H2. The number of aromatic nitrogens is 1. The molecule has 2 aromatic heterocycles. The van der Waals surface area contributed by atoms with E-state index in [1.165, 1.54) is 17.5 Å². The lowest BCUT2D eigenvalue weighted by Crippen LogP contribution is -1.81. The van der Waals surface area contributed by atoms with Gasteiger partial charge in [0.15, 0.2) is 5.76 Å². The summed E-state index contributed by atoms with van der Waals surface area (Å²) in [5.74, 6) is 0.567. The van der Waals surface area contributed by atoms with Gasteiger partial charge >= 0.3 is 0 Å². The number of hydrogen-bond donors (Lipinski definition) is 1. The topological polar surface area (TPSA) is 52.0 Å². The SMILES string of the molecule is Nc1cnoc1-c1cc(Br)c(Cl)s1. The van der Waals surface area contributed by atoms with Gasteiger partial charge in [0.2, 0.25) is 0 Å². The molecule has 0 aliphatic heterocycles. The van der Waals surface area contributed by atoms with E-state index in [4.69, 9.17) is 21.9 Å². The minimum Gasteiger partial charge on any atom is -0.394 e. The molecular formula is C7H4BrClN2OS. The third-order valence-electron chi connectivity index (χ3n) is 1.47. The van der Waals surface area contributed by atoms with E-state index in [1.807, 2.05) is 6.07 Å². The maximum Gasteiger partial charge on any atom is 0.199 e. The van der Waals surface area contributed by atoms with Gasteiger partial charge < -0.3 is 10.3 Å². The zero-order valence-electron chi connectivity index (χ0n) is 6.25. The Balaban J connectivity index is 2.53. The van der Waals surface area contributed by atoms with Crippen LogP contribution in [0.1, 0.15) is 0 Å². The molecule has 2 heterocycles. The van der Waals surface area contributed by atoms with Gasteiger partial charge in [0.25, 0.3) is 0 Å². The summed E-state index contributed by atoms with van der Waals surface area (Å²) in [6, 6.07) is 1.85. The average molecular weight is 280 g/mol. The molecule has 2 rings (SSSR count). The van der Waals surface area contributed by atoms with Crippen LogP contribution >= 0.6 is 38.9 Å². The highest BCUT2D eigenvalue weighted by Gasteiger charge is 2.12. The highest BCUT2D eigenvalue weighted by molar-refractivity contribution is 9.10. The summed E-state index contributed by atoms with van der Waals surface area (Å²) in [6.07, 6.45) is 1.47. The molecule has 0 fully saturated rings. The van der Waals surface area contributed by atoms with Crippen molar-refractivity contribution in [2.75, 3.05) is 5.73 Å². The minimum absolute atomic E-state index is 0.519. The van der Waals surface area contributed by atoms with Gasteiger partial charge in [-0.1, -0.05) is 16.8 Å². The van der Waals surface area contributed by atoms with E-state index in [1.54, 1.807) is 0 Å². The number of rotatable bonds is 1. The van der Waals surface area contributed by atoms with Crippen LogP contribution in [0.15, 0.2) is 21.3 Å². The van der Waals surface area contributed by atoms with Crippen LogP contribution < -0.4 is 5.73 Å². The van der Waals surface area contributed by atoms with Gasteiger partial charge in [-0.05, 0) is 22.0 Å². The molecule has 0 bridgehead atoms. The van der Waals surface area contributed by atoms with Gasteiger partial charge in [-0.2, -0.15) is 0 Å². The van der Waals surface area contributed by atoms with E-state index < -0.39 is 0 Å². The molecule has 6 heteroatoms. The van der Waals surface area contributed by atoms with Crippen molar-refractivity contribution < 1.29 is 4.52 Å². The fraction of sp³-hybridized carbons (Fsp3) is 0. The predicted molar refractivity (Wildman–Crippen MR) is 56.9 cm³/mol. The molecule has 0 radical (unpaired) electrons. The average Bonchev–Trinajstić information content (AvgIpc) is 2.60. The monoisotopic (exact) mass is 278 g/mol. The van der Waals surface area contributed by atoms with Crippen molar-refractivity contribution in [3.05, 3.63) is 21.1 Å². The van der Waals surface area contributed by atoms with Crippen LogP contribution in [-0.4, -0.2) is 5.16 Å². The fourth-order valence-corrected chi connectivity index (χ4v) is 2.59. The van der Waals surface area contributed by atoms with Crippen LogP contribution in [0.5, 0.6) is 0 Å². The number of anilines is 1. The lowest BCUT2D eigenvalue weighted by Gasteiger charge is -1.88. The van der Waals surface area contributed by atoms with Crippen LogP contribution in [-0.2, 0) is 0 Å². The van der Waals surface area contributed by atoms with Crippen LogP contribution in [0.3, 0.4) is 0 Å². The van der Waals surface area contributed by atoms with Crippen LogP contribution in [0.4, 0.5) is 5.69 Å². The van der Waals surface area contributed by atoms with E-state index in [0.717, 1.165) is 9.35 Å². The Morgan fingerprint density at radius 3 is 2.85 bits per heavy atom. The van der Waals surface area contributed by atoms with Crippen molar-refractivity contribution in [2.24, 2.45) is 0 Å². The van der Waals surface area contributed by atoms with Crippen molar-refractivity contribution in [3.63, 3.8) is 0 Å². The molecule has 0 aliphatic carbocycles.